The number of pyridine rings is 1. The van der Waals surface area contributed by atoms with Crippen molar-refractivity contribution in [3.05, 3.63) is 23.9 Å². The van der Waals surface area contributed by atoms with Gasteiger partial charge in [0.05, 0.1) is 18.5 Å². The molecule has 0 amide bonds. The molecule has 2 aliphatic heterocycles. The molecule has 3 rings (SSSR count). The lowest BCUT2D eigenvalue weighted by molar-refractivity contribution is 0.0719. The van der Waals surface area contributed by atoms with Gasteiger partial charge >= 0.3 is 0 Å². The number of sulfonamides is 1. The molecule has 0 aromatic carbocycles. The van der Waals surface area contributed by atoms with E-state index < -0.39 is 10.0 Å². The number of hydrogen-bond acceptors (Lipinski definition) is 6. The second kappa shape index (κ2) is 7.12. The molecule has 2 fully saturated rings. The van der Waals surface area contributed by atoms with Crippen molar-refractivity contribution in [1.29, 1.82) is 0 Å². The number of likely N-dealkylation sites (tertiary alicyclic amines) is 1. The van der Waals surface area contributed by atoms with E-state index in [2.05, 4.69) is 9.88 Å². The van der Waals surface area contributed by atoms with Crippen LogP contribution in [0.25, 0.3) is 0 Å². The zero-order valence-corrected chi connectivity index (χ0v) is 14.0. The zero-order valence-electron chi connectivity index (χ0n) is 13.2. The lowest BCUT2D eigenvalue weighted by Crippen LogP contribution is -2.50. The molecule has 7 nitrogen and oxygen atoms in total. The Morgan fingerprint density at radius 1 is 1.30 bits per heavy atom. The van der Waals surface area contributed by atoms with Crippen LogP contribution in [0.2, 0.25) is 0 Å². The Kier molecular flexibility index (Phi) is 5.15. The normalized spacial score (nSPS) is 24.6. The van der Waals surface area contributed by atoms with E-state index in [1.165, 1.54) is 0 Å². The van der Waals surface area contributed by atoms with E-state index in [0.29, 0.717) is 45.2 Å². The first kappa shape index (κ1) is 16.6. The Hall–Kier alpha value is -1.22. The third-order valence-electron chi connectivity index (χ3n) is 4.47. The molecule has 2 saturated heterocycles. The van der Waals surface area contributed by atoms with E-state index in [1.54, 1.807) is 10.5 Å². The number of hydrogen-bond donors (Lipinski definition) is 1. The molecule has 0 spiro atoms. The quantitative estimate of drug-likeness (QED) is 0.847. The van der Waals surface area contributed by atoms with Crippen LogP contribution < -0.4 is 5.73 Å². The summed E-state index contributed by atoms with van der Waals surface area (Å²) in [6, 6.07) is 3.77. The van der Waals surface area contributed by atoms with Gasteiger partial charge in [0.25, 0.3) is 0 Å². The molecule has 0 unspecified atom stereocenters. The first-order chi connectivity index (χ1) is 11.1. The number of anilines is 1. The van der Waals surface area contributed by atoms with E-state index in [-0.39, 0.29) is 5.25 Å². The lowest BCUT2D eigenvalue weighted by Gasteiger charge is -2.36. The predicted molar refractivity (Wildman–Crippen MR) is 88.3 cm³/mol. The predicted octanol–water partition coefficient (Wildman–Crippen LogP) is 0.290. The standard InChI is InChI=1S/C15H24N4O3S/c16-15-10-13(3-4-17-15)11-18-5-1-2-14(12-18)23(20,21)19-6-8-22-9-7-19/h3-4,10,14H,1-2,5-9,11-12H2,(H2,16,17)/t14-/m1/s1. The first-order valence-electron chi connectivity index (χ1n) is 8.05. The molecule has 8 heteroatoms. The van der Waals surface area contributed by atoms with Gasteiger partial charge in [-0.05, 0) is 37.1 Å². The fourth-order valence-electron chi connectivity index (χ4n) is 3.26. The van der Waals surface area contributed by atoms with Crippen LogP contribution in [-0.4, -0.2) is 67.2 Å². The van der Waals surface area contributed by atoms with Gasteiger partial charge in [-0.15, -0.1) is 0 Å². The summed E-state index contributed by atoms with van der Waals surface area (Å²) in [6.45, 7) is 4.12. The number of ether oxygens (including phenoxy) is 1. The van der Waals surface area contributed by atoms with Gasteiger partial charge in [-0.3, -0.25) is 4.90 Å². The number of rotatable bonds is 4. The molecule has 0 bridgehead atoms. The van der Waals surface area contributed by atoms with Gasteiger partial charge in [-0.25, -0.2) is 13.4 Å². The average molecular weight is 340 g/mol. The second-order valence-corrected chi connectivity index (χ2v) is 8.36. The molecule has 2 aliphatic rings. The highest BCUT2D eigenvalue weighted by Gasteiger charge is 2.35. The lowest BCUT2D eigenvalue weighted by atomic mass is 10.1. The van der Waals surface area contributed by atoms with Crippen molar-refractivity contribution in [2.75, 3.05) is 45.1 Å². The summed E-state index contributed by atoms with van der Waals surface area (Å²) >= 11 is 0. The summed E-state index contributed by atoms with van der Waals surface area (Å²) in [7, 11) is -3.24. The minimum Gasteiger partial charge on any atom is -0.384 e. The maximum absolute atomic E-state index is 12.8. The van der Waals surface area contributed by atoms with Crippen LogP contribution in [-0.2, 0) is 21.3 Å². The monoisotopic (exact) mass is 340 g/mol. The van der Waals surface area contributed by atoms with E-state index >= 15 is 0 Å². The van der Waals surface area contributed by atoms with Crippen molar-refractivity contribution in [3.63, 3.8) is 0 Å². The highest BCUT2D eigenvalue weighted by atomic mass is 32.2. The van der Waals surface area contributed by atoms with Gasteiger partial charge in [-0.1, -0.05) is 0 Å². The summed E-state index contributed by atoms with van der Waals surface area (Å²) in [5, 5.41) is -0.325. The third kappa shape index (κ3) is 4.00. The van der Waals surface area contributed by atoms with Crippen molar-refractivity contribution < 1.29 is 13.2 Å². The minimum absolute atomic E-state index is 0.325. The maximum Gasteiger partial charge on any atom is 0.218 e. The topological polar surface area (TPSA) is 88.8 Å². The molecule has 1 atom stereocenters. The number of aromatic nitrogens is 1. The van der Waals surface area contributed by atoms with Crippen molar-refractivity contribution in [1.82, 2.24) is 14.2 Å². The van der Waals surface area contributed by atoms with Gasteiger partial charge in [0.15, 0.2) is 0 Å². The van der Waals surface area contributed by atoms with E-state index in [0.717, 1.165) is 24.9 Å². The summed E-state index contributed by atoms with van der Waals surface area (Å²) in [6.07, 6.45) is 3.32. The molecule has 0 aliphatic carbocycles. The average Bonchev–Trinajstić information content (AvgIpc) is 2.56. The molecular formula is C15H24N4O3S. The Morgan fingerprint density at radius 3 is 2.83 bits per heavy atom. The van der Waals surface area contributed by atoms with Gasteiger partial charge < -0.3 is 10.5 Å². The van der Waals surface area contributed by atoms with Crippen molar-refractivity contribution in [3.8, 4) is 0 Å². The fraction of sp³-hybridized carbons (Fsp3) is 0.667. The van der Waals surface area contributed by atoms with Crippen LogP contribution in [0.3, 0.4) is 0 Å². The molecule has 1 aromatic rings. The molecule has 1 aromatic heterocycles. The van der Waals surface area contributed by atoms with Gasteiger partial charge in [-0.2, -0.15) is 4.31 Å². The fourth-order valence-corrected chi connectivity index (χ4v) is 5.21. The van der Waals surface area contributed by atoms with E-state index in [1.807, 2.05) is 12.1 Å². The van der Waals surface area contributed by atoms with Crippen LogP contribution in [0.1, 0.15) is 18.4 Å². The minimum atomic E-state index is -3.24. The Bertz CT molecular complexity index is 631. The summed E-state index contributed by atoms with van der Waals surface area (Å²) < 4.78 is 32.5. The van der Waals surface area contributed by atoms with Crippen molar-refractivity contribution in [2.45, 2.75) is 24.6 Å². The zero-order chi connectivity index (χ0) is 16.3. The Morgan fingerprint density at radius 2 is 2.09 bits per heavy atom. The summed E-state index contributed by atoms with van der Waals surface area (Å²) in [4.78, 5) is 6.19. The maximum atomic E-state index is 12.8. The van der Waals surface area contributed by atoms with Crippen LogP contribution in [0.4, 0.5) is 5.82 Å². The molecule has 128 valence electrons. The van der Waals surface area contributed by atoms with E-state index in [9.17, 15) is 8.42 Å². The SMILES string of the molecule is Nc1cc(CN2CCC[C@@H](S(=O)(=O)N3CCOCC3)C2)ccn1. The largest absolute Gasteiger partial charge is 0.384 e. The van der Waals surface area contributed by atoms with Crippen LogP contribution in [0.5, 0.6) is 0 Å². The molecule has 23 heavy (non-hydrogen) atoms. The first-order valence-corrected chi connectivity index (χ1v) is 9.55. The number of nitrogens with zero attached hydrogens (tertiary/aromatic N) is 3. The highest BCUT2D eigenvalue weighted by Crippen LogP contribution is 2.22. The molecule has 3 heterocycles. The van der Waals surface area contributed by atoms with Gasteiger partial charge in [0.1, 0.15) is 5.82 Å². The van der Waals surface area contributed by atoms with Gasteiger partial charge in [0.2, 0.25) is 10.0 Å². The van der Waals surface area contributed by atoms with Crippen LogP contribution >= 0.6 is 0 Å². The molecule has 0 radical (unpaired) electrons. The van der Waals surface area contributed by atoms with E-state index in [4.69, 9.17) is 10.5 Å². The highest BCUT2D eigenvalue weighted by molar-refractivity contribution is 7.89. The molecule has 0 saturated carbocycles. The Labute approximate surface area is 137 Å². The number of nitrogens with two attached hydrogens (primary N) is 1. The summed E-state index contributed by atoms with van der Waals surface area (Å²) in [5.74, 6) is 0.497. The van der Waals surface area contributed by atoms with Crippen molar-refractivity contribution in [2.24, 2.45) is 0 Å². The molecule has 2 N–H and O–H groups in total. The number of morpholine rings is 1. The van der Waals surface area contributed by atoms with Crippen LogP contribution in [0, 0.1) is 0 Å². The van der Waals surface area contributed by atoms with Crippen LogP contribution in [0.15, 0.2) is 18.3 Å². The Balaban J connectivity index is 1.65. The third-order valence-corrected chi connectivity index (χ3v) is 6.78. The molecular weight excluding hydrogens is 316 g/mol. The number of piperidine rings is 1. The van der Waals surface area contributed by atoms with Crippen molar-refractivity contribution >= 4 is 15.8 Å². The summed E-state index contributed by atoms with van der Waals surface area (Å²) in [5.41, 5.74) is 6.78. The van der Waals surface area contributed by atoms with Gasteiger partial charge in [0, 0.05) is 32.4 Å². The second-order valence-electron chi connectivity index (χ2n) is 6.14. The smallest absolute Gasteiger partial charge is 0.218 e. The number of nitrogen functional groups attached to an aromatic ring is 1.